The van der Waals surface area contributed by atoms with Gasteiger partial charge in [-0.3, -0.25) is 4.79 Å². The number of carbonyl (C=O) groups excluding carboxylic acids is 1. The average molecular weight is 323 g/mol. The van der Waals surface area contributed by atoms with Gasteiger partial charge in [-0.05, 0) is 30.9 Å². The molecule has 2 N–H and O–H groups in total. The van der Waals surface area contributed by atoms with Crippen LogP contribution in [0.25, 0.3) is 10.1 Å². The standard InChI is InChI=1S/C16H19ClN2OS/c1-2-10-6-8-19(9-7-10)16(20)15-14(18)13-11(17)4-3-5-12(13)21-15/h3-5,10H,2,6-9,18H2,1H3. The number of nitrogen functional groups attached to an aromatic ring is 1. The molecule has 0 unspecified atom stereocenters. The molecule has 112 valence electrons. The number of nitrogens with two attached hydrogens (primary N) is 1. The van der Waals surface area contributed by atoms with Crippen molar-refractivity contribution in [3.05, 3.63) is 28.1 Å². The van der Waals surface area contributed by atoms with Crippen LogP contribution in [0.2, 0.25) is 5.02 Å². The van der Waals surface area contributed by atoms with E-state index < -0.39 is 0 Å². The molecule has 0 atom stereocenters. The smallest absolute Gasteiger partial charge is 0.266 e. The monoisotopic (exact) mass is 322 g/mol. The lowest BCUT2D eigenvalue weighted by Crippen LogP contribution is -2.38. The minimum atomic E-state index is 0.0549. The quantitative estimate of drug-likeness (QED) is 0.890. The highest BCUT2D eigenvalue weighted by Gasteiger charge is 2.26. The molecule has 1 saturated heterocycles. The SMILES string of the molecule is CCC1CCN(C(=O)c2sc3cccc(Cl)c3c2N)CC1. The Bertz CT molecular complexity index is 674. The van der Waals surface area contributed by atoms with Crippen LogP contribution in [-0.4, -0.2) is 23.9 Å². The number of fused-ring (bicyclic) bond motifs is 1. The summed E-state index contributed by atoms with van der Waals surface area (Å²) in [6.45, 7) is 3.88. The molecule has 2 aromatic rings. The second-order valence-corrected chi connectivity index (χ2v) is 7.06. The number of carbonyl (C=O) groups is 1. The third-order valence-corrected chi connectivity index (χ3v) is 5.85. The zero-order valence-corrected chi connectivity index (χ0v) is 13.6. The van der Waals surface area contributed by atoms with Gasteiger partial charge >= 0.3 is 0 Å². The third-order valence-electron chi connectivity index (χ3n) is 4.37. The number of hydrogen-bond acceptors (Lipinski definition) is 3. The summed E-state index contributed by atoms with van der Waals surface area (Å²) in [4.78, 5) is 15.3. The Kier molecular flexibility index (Phi) is 4.09. The maximum Gasteiger partial charge on any atom is 0.266 e. The number of thiophene rings is 1. The molecule has 1 aromatic carbocycles. The Morgan fingerprint density at radius 2 is 2.14 bits per heavy atom. The molecule has 0 saturated carbocycles. The zero-order chi connectivity index (χ0) is 15.0. The van der Waals surface area contributed by atoms with Crippen molar-refractivity contribution in [3.63, 3.8) is 0 Å². The third kappa shape index (κ3) is 2.62. The summed E-state index contributed by atoms with van der Waals surface area (Å²) in [6.07, 6.45) is 3.38. The van der Waals surface area contributed by atoms with E-state index in [1.807, 2.05) is 23.1 Å². The number of amides is 1. The van der Waals surface area contributed by atoms with Crippen LogP contribution in [0.3, 0.4) is 0 Å². The topological polar surface area (TPSA) is 46.3 Å². The van der Waals surface area contributed by atoms with E-state index in [0.29, 0.717) is 15.6 Å². The predicted molar refractivity (Wildman–Crippen MR) is 90.2 cm³/mol. The highest BCUT2D eigenvalue weighted by Crippen LogP contribution is 2.39. The van der Waals surface area contributed by atoms with Gasteiger partial charge in [0, 0.05) is 23.2 Å². The first-order chi connectivity index (χ1) is 10.1. The van der Waals surface area contributed by atoms with Crippen molar-refractivity contribution < 1.29 is 4.79 Å². The Morgan fingerprint density at radius 3 is 2.76 bits per heavy atom. The van der Waals surface area contributed by atoms with Gasteiger partial charge in [0.2, 0.25) is 0 Å². The largest absolute Gasteiger partial charge is 0.397 e. The minimum Gasteiger partial charge on any atom is -0.397 e. The van der Waals surface area contributed by atoms with E-state index in [9.17, 15) is 4.79 Å². The molecule has 21 heavy (non-hydrogen) atoms. The Hall–Kier alpha value is -1.26. The second kappa shape index (κ2) is 5.85. The number of halogens is 1. The van der Waals surface area contributed by atoms with Crippen LogP contribution in [0, 0.1) is 5.92 Å². The van der Waals surface area contributed by atoms with E-state index >= 15 is 0 Å². The molecule has 1 amide bonds. The van der Waals surface area contributed by atoms with Crippen molar-refractivity contribution in [1.82, 2.24) is 4.90 Å². The van der Waals surface area contributed by atoms with Crippen LogP contribution >= 0.6 is 22.9 Å². The Morgan fingerprint density at radius 1 is 1.43 bits per heavy atom. The van der Waals surface area contributed by atoms with Crippen molar-refractivity contribution in [2.24, 2.45) is 5.92 Å². The fraction of sp³-hybridized carbons (Fsp3) is 0.438. The highest BCUT2D eigenvalue weighted by molar-refractivity contribution is 7.21. The number of likely N-dealkylation sites (tertiary alicyclic amines) is 1. The predicted octanol–water partition coefficient (Wildman–Crippen LogP) is 4.40. The van der Waals surface area contributed by atoms with Crippen LogP contribution in [0.15, 0.2) is 18.2 Å². The lowest BCUT2D eigenvalue weighted by atomic mass is 9.94. The molecule has 0 radical (unpaired) electrons. The first kappa shape index (κ1) is 14.7. The van der Waals surface area contributed by atoms with E-state index in [0.717, 1.165) is 41.9 Å². The van der Waals surface area contributed by atoms with E-state index in [4.69, 9.17) is 17.3 Å². The number of nitrogens with zero attached hydrogens (tertiary/aromatic N) is 1. The highest BCUT2D eigenvalue weighted by atomic mass is 35.5. The maximum atomic E-state index is 12.7. The van der Waals surface area contributed by atoms with E-state index in [2.05, 4.69) is 6.92 Å². The normalized spacial score (nSPS) is 16.6. The fourth-order valence-corrected chi connectivity index (χ4v) is 4.43. The van der Waals surface area contributed by atoms with Crippen molar-refractivity contribution in [2.75, 3.05) is 18.8 Å². The summed E-state index contributed by atoms with van der Waals surface area (Å²) < 4.78 is 0.979. The molecular weight excluding hydrogens is 304 g/mol. The second-order valence-electron chi connectivity index (χ2n) is 5.60. The van der Waals surface area contributed by atoms with Gasteiger partial charge in [-0.15, -0.1) is 11.3 Å². The molecule has 0 bridgehead atoms. The molecule has 1 aliphatic rings. The van der Waals surface area contributed by atoms with Crippen LogP contribution in [-0.2, 0) is 0 Å². The molecule has 3 rings (SSSR count). The summed E-state index contributed by atoms with van der Waals surface area (Å²) in [5.41, 5.74) is 6.71. The summed E-state index contributed by atoms with van der Waals surface area (Å²) in [7, 11) is 0. The lowest BCUT2D eigenvalue weighted by molar-refractivity contribution is 0.0695. The molecule has 1 fully saturated rings. The van der Waals surface area contributed by atoms with Crippen molar-refractivity contribution >= 4 is 44.6 Å². The van der Waals surface area contributed by atoms with Crippen molar-refractivity contribution in [3.8, 4) is 0 Å². The molecule has 1 aliphatic heterocycles. The van der Waals surface area contributed by atoms with E-state index in [-0.39, 0.29) is 5.91 Å². The molecule has 0 spiro atoms. The molecule has 3 nitrogen and oxygen atoms in total. The van der Waals surface area contributed by atoms with Crippen LogP contribution in [0.5, 0.6) is 0 Å². The number of piperidine rings is 1. The molecule has 1 aromatic heterocycles. The summed E-state index contributed by atoms with van der Waals surface area (Å²) in [5.74, 6) is 0.808. The summed E-state index contributed by atoms with van der Waals surface area (Å²) in [6, 6.07) is 5.66. The van der Waals surface area contributed by atoms with Crippen molar-refractivity contribution in [2.45, 2.75) is 26.2 Å². The van der Waals surface area contributed by atoms with Crippen LogP contribution in [0.1, 0.15) is 35.9 Å². The molecular formula is C16H19ClN2OS. The number of benzene rings is 1. The molecule has 0 aliphatic carbocycles. The first-order valence-corrected chi connectivity index (χ1v) is 8.57. The fourth-order valence-electron chi connectivity index (χ4n) is 2.98. The molecule has 2 heterocycles. The average Bonchev–Trinajstić information content (AvgIpc) is 2.85. The number of rotatable bonds is 2. The van der Waals surface area contributed by atoms with Gasteiger partial charge in [0.05, 0.1) is 10.7 Å². The van der Waals surface area contributed by atoms with Gasteiger partial charge in [0.25, 0.3) is 5.91 Å². The van der Waals surface area contributed by atoms with Gasteiger partial charge in [-0.2, -0.15) is 0 Å². The van der Waals surface area contributed by atoms with Crippen LogP contribution < -0.4 is 5.73 Å². The Labute approximate surface area is 133 Å². The maximum absolute atomic E-state index is 12.7. The van der Waals surface area contributed by atoms with Crippen LogP contribution in [0.4, 0.5) is 5.69 Å². The summed E-state index contributed by atoms with van der Waals surface area (Å²) >= 11 is 7.65. The Balaban J connectivity index is 1.89. The van der Waals surface area contributed by atoms with E-state index in [1.165, 1.54) is 17.8 Å². The lowest BCUT2D eigenvalue weighted by Gasteiger charge is -2.31. The zero-order valence-electron chi connectivity index (χ0n) is 12.1. The number of hydrogen-bond donors (Lipinski definition) is 1. The van der Waals surface area contributed by atoms with Gasteiger partial charge in [0.15, 0.2) is 0 Å². The van der Waals surface area contributed by atoms with Gasteiger partial charge < -0.3 is 10.6 Å². The minimum absolute atomic E-state index is 0.0549. The first-order valence-electron chi connectivity index (χ1n) is 7.37. The van der Waals surface area contributed by atoms with Gasteiger partial charge in [0.1, 0.15) is 4.88 Å². The molecule has 5 heteroatoms. The summed E-state index contributed by atoms with van der Waals surface area (Å²) in [5, 5.41) is 1.43. The van der Waals surface area contributed by atoms with Crippen molar-refractivity contribution in [1.29, 1.82) is 0 Å². The van der Waals surface area contributed by atoms with E-state index in [1.54, 1.807) is 0 Å². The van der Waals surface area contributed by atoms with Gasteiger partial charge in [-0.25, -0.2) is 0 Å². The number of anilines is 1. The van der Waals surface area contributed by atoms with Gasteiger partial charge in [-0.1, -0.05) is 31.0 Å².